The monoisotopic (exact) mass is 179 g/mol. The van der Waals surface area contributed by atoms with Crippen molar-refractivity contribution in [1.82, 2.24) is 0 Å². The van der Waals surface area contributed by atoms with E-state index in [1.165, 1.54) is 0 Å². The van der Waals surface area contributed by atoms with Gasteiger partial charge in [0.15, 0.2) is 0 Å². The molecular formula is C8H10BNO3. The van der Waals surface area contributed by atoms with E-state index < -0.39 is 13.0 Å². The van der Waals surface area contributed by atoms with Gasteiger partial charge >= 0.3 is 7.12 Å². The number of hydrogen-bond donors (Lipinski definition) is 3. The predicted molar refractivity (Wildman–Crippen MR) is 48.9 cm³/mol. The van der Waals surface area contributed by atoms with Crippen LogP contribution in [-0.2, 0) is 6.32 Å². The standard InChI is InChI=1S/C8H10BNO3/c10-8(11)7-3-1-6(2-4-7)5-9(12)13/h1-4,12-13H,5H2,(H2,10,11). The Bertz CT molecular complexity index is 297. The van der Waals surface area contributed by atoms with Gasteiger partial charge in [-0.3, -0.25) is 4.79 Å². The lowest BCUT2D eigenvalue weighted by molar-refractivity contribution is 0.100. The van der Waals surface area contributed by atoms with Crippen LogP contribution in [0.25, 0.3) is 0 Å². The Morgan fingerprint density at radius 3 is 2.23 bits per heavy atom. The van der Waals surface area contributed by atoms with E-state index in [0.717, 1.165) is 5.56 Å². The molecule has 13 heavy (non-hydrogen) atoms. The van der Waals surface area contributed by atoms with Crippen molar-refractivity contribution >= 4 is 13.0 Å². The maximum atomic E-state index is 10.7. The van der Waals surface area contributed by atoms with Gasteiger partial charge in [0.1, 0.15) is 0 Å². The van der Waals surface area contributed by atoms with Crippen molar-refractivity contribution in [3.63, 3.8) is 0 Å². The number of benzene rings is 1. The first kappa shape index (κ1) is 9.76. The summed E-state index contributed by atoms with van der Waals surface area (Å²) in [5.74, 6) is -0.490. The highest BCUT2D eigenvalue weighted by atomic mass is 16.4. The number of rotatable bonds is 3. The van der Waals surface area contributed by atoms with Gasteiger partial charge in [-0.2, -0.15) is 0 Å². The molecule has 1 rings (SSSR count). The molecule has 1 aromatic rings. The van der Waals surface area contributed by atoms with Gasteiger partial charge in [0.25, 0.3) is 0 Å². The first-order valence-electron chi connectivity index (χ1n) is 3.84. The van der Waals surface area contributed by atoms with Crippen LogP contribution in [0.5, 0.6) is 0 Å². The van der Waals surface area contributed by atoms with Crippen molar-refractivity contribution in [2.75, 3.05) is 0 Å². The molecule has 0 heterocycles. The van der Waals surface area contributed by atoms with E-state index >= 15 is 0 Å². The first-order valence-corrected chi connectivity index (χ1v) is 3.84. The Kier molecular flexibility index (Phi) is 3.05. The number of carbonyl (C=O) groups excluding carboxylic acids is 1. The average molecular weight is 179 g/mol. The van der Waals surface area contributed by atoms with Crippen molar-refractivity contribution in [2.24, 2.45) is 5.73 Å². The van der Waals surface area contributed by atoms with Gasteiger partial charge < -0.3 is 15.8 Å². The summed E-state index contributed by atoms with van der Waals surface area (Å²) < 4.78 is 0. The second-order valence-electron chi connectivity index (χ2n) is 2.75. The quantitative estimate of drug-likeness (QED) is 0.538. The van der Waals surface area contributed by atoms with E-state index in [9.17, 15) is 4.79 Å². The minimum absolute atomic E-state index is 0.152. The molecule has 0 spiro atoms. The van der Waals surface area contributed by atoms with Crippen molar-refractivity contribution in [3.8, 4) is 0 Å². The Hall–Kier alpha value is -1.33. The average Bonchev–Trinajstić information content (AvgIpc) is 2.04. The van der Waals surface area contributed by atoms with Crippen LogP contribution >= 0.6 is 0 Å². The Morgan fingerprint density at radius 1 is 1.31 bits per heavy atom. The molecule has 0 aliphatic carbocycles. The number of amides is 1. The second kappa shape index (κ2) is 4.07. The van der Waals surface area contributed by atoms with Crippen LogP contribution in [0.2, 0.25) is 0 Å². The highest BCUT2D eigenvalue weighted by molar-refractivity contribution is 6.40. The van der Waals surface area contributed by atoms with Crippen LogP contribution in [0.1, 0.15) is 15.9 Å². The summed E-state index contributed by atoms with van der Waals surface area (Å²) in [6.07, 6.45) is 0.152. The van der Waals surface area contributed by atoms with Gasteiger partial charge in [-0.05, 0) is 17.7 Å². The van der Waals surface area contributed by atoms with E-state index in [1.54, 1.807) is 24.3 Å². The van der Waals surface area contributed by atoms with E-state index in [1.807, 2.05) is 0 Å². The third kappa shape index (κ3) is 2.89. The molecule has 1 aromatic carbocycles. The number of hydrogen-bond acceptors (Lipinski definition) is 3. The van der Waals surface area contributed by atoms with Crippen molar-refractivity contribution in [1.29, 1.82) is 0 Å². The molecule has 0 unspecified atom stereocenters. The van der Waals surface area contributed by atoms with E-state index in [4.69, 9.17) is 15.8 Å². The third-order valence-electron chi connectivity index (χ3n) is 1.66. The molecule has 0 atom stereocenters. The van der Waals surface area contributed by atoms with Gasteiger partial charge in [-0.1, -0.05) is 12.1 Å². The van der Waals surface area contributed by atoms with Crippen LogP contribution in [-0.4, -0.2) is 23.1 Å². The zero-order valence-corrected chi connectivity index (χ0v) is 6.97. The van der Waals surface area contributed by atoms with Crippen LogP contribution in [0.15, 0.2) is 24.3 Å². The summed E-state index contributed by atoms with van der Waals surface area (Å²) in [6.45, 7) is 0. The van der Waals surface area contributed by atoms with Crippen LogP contribution in [0, 0.1) is 0 Å². The molecule has 1 amide bonds. The molecule has 4 N–H and O–H groups in total. The van der Waals surface area contributed by atoms with Gasteiger partial charge in [0, 0.05) is 11.9 Å². The van der Waals surface area contributed by atoms with Gasteiger partial charge in [0.05, 0.1) is 0 Å². The summed E-state index contributed by atoms with van der Waals surface area (Å²) in [7, 11) is -1.36. The Morgan fingerprint density at radius 2 is 1.85 bits per heavy atom. The van der Waals surface area contributed by atoms with E-state index in [2.05, 4.69) is 0 Å². The SMILES string of the molecule is NC(=O)c1ccc(CB(O)O)cc1. The fourth-order valence-corrected chi connectivity index (χ4v) is 1.02. The molecular weight excluding hydrogens is 169 g/mol. The van der Waals surface area contributed by atoms with Gasteiger partial charge in [-0.15, -0.1) is 0 Å². The fourth-order valence-electron chi connectivity index (χ4n) is 1.02. The van der Waals surface area contributed by atoms with Crippen molar-refractivity contribution in [3.05, 3.63) is 35.4 Å². The molecule has 0 fully saturated rings. The Labute approximate surface area is 76.1 Å². The van der Waals surface area contributed by atoms with Crippen LogP contribution in [0.4, 0.5) is 0 Å². The molecule has 0 bridgehead atoms. The lowest BCUT2D eigenvalue weighted by Gasteiger charge is -2.00. The fraction of sp³-hybridized carbons (Fsp3) is 0.125. The van der Waals surface area contributed by atoms with Gasteiger partial charge in [0.2, 0.25) is 5.91 Å². The summed E-state index contributed by atoms with van der Waals surface area (Å²) in [5, 5.41) is 17.3. The molecule has 0 radical (unpaired) electrons. The summed E-state index contributed by atoms with van der Waals surface area (Å²) in [6, 6.07) is 6.39. The molecule has 0 saturated heterocycles. The highest BCUT2D eigenvalue weighted by Crippen LogP contribution is 2.04. The molecule has 0 aliphatic rings. The zero-order valence-electron chi connectivity index (χ0n) is 6.97. The molecule has 0 aliphatic heterocycles. The molecule has 4 nitrogen and oxygen atoms in total. The highest BCUT2D eigenvalue weighted by Gasteiger charge is 2.08. The summed E-state index contributed by atoms with van der Waals surface area (Å²) in [5.41, 5.74) is 6.19. The van der Waals surface area contributed by atoms with Crippen molar-refractivity contribution in [2.45, 2.75) is 6.32 Å². The smallest absolute Gasteiger partial charge is 0.427 e. The minimum Gasteiger partial charge on any atom is -0.427 e. The number of carbonyl (C=O) groups is 1. The lowest BCUT2D eigenvalue weighted by Crippen LogP contribution is -2.15. The minimum atomic E-state index is -1.36. The topological polar surface area (TPSA) is 83.6 Å². The van der Waals surface area contributed by atoms with Gasteiger partial charge in [-0.25, -0.2) is 0 Å². The maximum Gasteiger partial charge on any atom is 0.456 e. The van der Waals surface area contributed by atoms with E-state index in [0.29, 0.717) is 5.56 Å². The van der Waals surface area contributed by atoms with Crippen LogP contribution in [0.3, 0.4) is 0 Å². The van der Waals surface area contributed by atoms with E-state index in [-0.39, 0.29) is 6.32 Å². The van der Waals surface area contributed by atoms with Crippen LogP contribution < -0.4 is 5.73 Å². The first-order chi connectivity index (χ1) is 6.09. The number of nitrogens with two attached hydrogens (primary N) is 1. The summed E-state index contributed by atoms with van der Waals surface area (Å²) in [4.78, 5) is 10.7. The second-order valence-corrected chi connectivity index (χ2v) is 2.75. The molecule has 5 heteroatoms. The lowest BCUT2D eigenvalue weighted by atomic mass is 9.82. The summed E-state index contributed by atoms with van der Waals surface area (Å²) >= 11 is 0. The predicted octanol–water partition coefficient (Wildman–Crippen LogP) is -0.660. The molecule has 0 saturated carbocycles. The molecule has 68 valence electrons. The largest absolute Gasteiger partial charge is 0.456 e. The normalized spacial score (nSPS) is 9.69. The zero-order chi connectivity index (χ0) is 9.84. The molecule has 0 aromatic heterocycles. The Balaban J connectivity index is 2.75. The third-order valence-corrected chi connectivity index (χ3v) is 1.66. The maximum absolute atomic E-state index is 10.7. The van der Waals surface area contributed by atoms with Crippen molar-refractivity contribution < 1.29 is 14.8 Å². The number of primary amides is 1.